The van der Waals surface area contributed by atoms with Gasteiger partial charge in [0, 0.05) is 38.7 Å². The lowest BCUT2D eigenvalue weighted by molar-refractivity contribution is -0.132. The van der Waals surface area contributed by atoms with Gasteiger partial charge in [-0.1, -0.05) is 31.2 Å². The third kappa shape index (κ3) is 4.93. The van der Waals surface area contributed by atoms with Crippen molar-refractivity contribution in [2.75, 3.05) is 19.7 Å². The smallest absolute Gasteiger partial charge is 0.227 e. The molecule has 0 atom stereocenters. The topological polar surface area (TPSA) is 63.0 Å². The van der Waals surface area contributed by atoms with Crippen molar-refractivity contribution in [2.45, 2.75) is 52.2 Å². The summed E-state index contributed by atoms with van der Waals surface area (Å²) in [5.41, 5.74) is 2.54. The molecule has 160 valence electrons. The molecule has 6 nitrogen and oxygen atoms in total. The van der Waals surface area contributed by atoms with Crippen LogP contribution in [0.15, 0.2) is 45.8 Å². The number of carbonyl (C=O) groups excluding carboxylic acids is 1. The van der Waals surface area contributed by atoms with Crippen LogP contribution in [-0.4, -0.2) is 35.4 Å². The van der Waals surface area contributed by atoms with Gasteiger partial charge in [-0.05, 0) is 36.3 Å². The van der Waals surface area contributed by atoms with Crippen LogP contribution in [0.3, 0.4) is 0 Å². The Balaban J connectivity index is 1.25. The average Bonchev–Trinajstić information content (AvgIpc) is 3.16. The van der Waals surface area contributed by atoms with E-state index in [4.69, 9.17) is 9.15 Å². The highest BCUT2D eigenvalue weighted by molar-refractivity contribution is 5.76. The molecule has 0 bridgehead atoms. The van der Waals surface area contributed by atoms with E-state index >= 15 is 0 Å². The van der Waals surface area contributed by atoms with E-state index in [1.807, 2.05) is 11.8 Å². The summed E-state index contributed by atoms with van der Waals surface area (Å²) in [6, 6.07) is 9.95. The summed E-state index contributed by atoms with van der Waals surface area (Å²) in [5, 5.41) is 0. The fraction of sp³-hybridized carbons (Fsp3) is 0.500. The molecule has 1 aromatic heterocycles. The van der Waals surface area contributed by atoms with Crippen molar-refractivity contribution in [1.29, 1.82) is 0 Å². The van der Waals surface area contributed by atoms with Crippen LogP contribution in [0.5, 0.6) is 5.75 Å². The van der Waals surface area contributed by atoms with Gasteiger partial charge in [-0.25, -0.2) is 0 Å². The third-order valence-corrected chi connectivity index (χ3v) is 6.04. The predicted molar refractivity (Wildman–Crippen MR) is 114 cm³/mol. The van der Waals surface area contributed by atoms with Crippen LogP contribution < -0.4 is 10.2 Å². The van der Waals surface area contributed by atoms with Crippen LogP contribution in [-0.2, 0) is 24.4 Å². The van der Waals surface area contributed by atoms with Crippen LogP contribution in [0.25, 0.3) is 0 Å². The van der Waals surface area contributed by atoms with Gasteiger partial charge in [-0.2, -0.15) is 0 Å². The number of hydrogen-bond acceptors (Lipinski definition) is 5. The Morgan fingerprint density at radius 1 is 1.17 bits per heavy atom. The number of hydrogen-bond donors (Lipinski definition) is 0. The molecule has 6 heteroatoms. The van der Waals surface area contributed by atoms with Crippen molar-refractivity contribution in [1.82, 2.24) is 9.80 Å². The number of piperidine rings is 1. The Morgan fingerprint density at radius 3 is 2.50 bits per heavy atom. The second kappa shape index (κ2) is 9.47. The van der Waals surface area contributed by atoms with Gasteiger partial charge in [0.2, 0.25) is 17.1 Å². The number of fused-ring (bicyclic) bond motifs is 1. The molecule has 30 heavy (non-hydrogen) atoms. The van der Waals surface area contributed by atoms with E-state index in [9.17, 15) is 9.59 Å². The molecule has 4 rings (SSSR count). The molecule has 0 aliphatic carbocycles. The Kier molecular flexibility index (Phi) is 6.53. The number of amides is 1. The summed E-state index contributed by atoms with van der Waals surface area (Å²) in [7, 11) is 0. The standard InChI is InChI=1S/C24H30N2O4/c1-2-5-24(28)26-10-8-18(9-11-26)16-30-23-17-29-21(12-22(23)27)15-25-13-19-6-3-4-7-20(19)14-25/h3-4,6-7,12,17-18H,2,5,8-11,13-16H2,1H3. The molecular weight excluding hydrogens is 380 g/mol. The number of carbonyl (C=O) groups is 1. The summed E-state index contributed by atoms with van der Waals surface area (Å²) in [6.07, 6.45) is 4.78. The van der Waals surface area contributed by atoms with Crippen LogP contribution in [0.1, 0.15) is 49.5 Å². The molecule has 2 aromatic rings. The zero-order valence-corrected chi connectivity index (χ0v) is 17.6. The maximum absolute atomic E-state index is 12.5. The molecule has 1 saturated heterocycles. The molecule has 1 aromatic carbocycles. The van der Waals surface area contributed by atoms with E-state index in [-0.39, 0.29) is 17.1 Å². The summed E-state index contributed by atoms with van der Waals surface area (Å²) in [6.45, 7) is 6.42. The van der Waals surface area contributed by atoms with Gasteiger partial charge in [0.1, 0.15) is 12.0 Å². The van der Waals surface area contributed by atoms with Crippen LogP contribution in [0.2, 0.25) is 0 Å². The first kappa shape index (κ1) is 20.7. The summed E-state index contributed by atoms with van der Waals surface area (Å²) in [4.78, 5) is 28.7. The Hall–Kier alpha value is -2.60. The number of benzene rings is 1. The lowest BCUT2D eigenvalue weighted by Crippen LogP contribution is -2.39. The largest absolute Gasteiger partial charge is 0.486 e. The van der Waals surface area contributed by atoms with Crippen molar-refractivity contribution >= 4 is 5.91 Å². The lowest BCUT2D eigenvalue weighted by Gasteiger charge is -2.31. The zero-order valence-electron chi connectivity index (χ0n) is 17.6. The summed E-state index contributed by atoms with van der Waals surface area (Å²) in [5.74, 6) is 1.53. The van der Waals surface area contributed by atoms with E-state index < -0.39 is 0 Å². The maximum atomic E-state index is 12.5. The van der Waals surface area contributed by atoms with Gasteiger partial charge >= 0.3 is 0 Å². The Bertz CT molecular complexity index is 906. The first-order valence-electron chi connectivity index (χ1n) is 10.9. The van der Waals surface area contributed by atoms with Crippen molar-refractivity contribution in [2.24, 2.45) is 5.92 Å². The fourth-order valence-electron chi connectivity index (χ4n) is 4.29. The van der Waals surface area contributed by atoms with Crippen LogP contribution in [0, 0.1) is 5.92 Å². The van der Waals surface area contributed by atoms with Crippen molar-refractivity contribution in [3.63, 3.8) is 0 Å². The molecule has 2 aliphatic rings. The van der Waals surface area contributed by atoms with E-state index in [1.165, 1.54) is 17.4 Å². The number of ether oxygens (including phenoxy) is 1. The average molecular weight is 411 g/mol. The van der Waals surface area contributed by atoms with Gasteiger partial charge in [0.15, 0.2) is 0 Å². The minimum absolute atomic E-state index is 0.136. The highest BCUT2D eigenvalue weighted by Gasteiger charge is 2.23. The van der Waals surface area contributed by atoms with Crippen LogP contribution >= 0.6 is 0 Å². The fourth-order valence-corrected chi connectivity index (χ4v) is 4.29. The van der Waals surface area contributed by atoms with E-state index in [0.717, 1.165) is 45.4 Å². The monoisotopic (exact) mass is 410 g/mol. The maximum Gasteiger partial charge on any atom is 0.227 e. The van der Waals surface area contributed by atoms with Crippen molar-refractivity contribution < 1.29 is 13.9 Å². The van der Waals surface area contributed by atoms with Gasteiger partial charge in [0.05, 0.1) is 13.2 Å². The molecule has 0 saturated carbocycles. The normalized spacial score (nSPS) is 17.2. The SMILES string of the molecule is CCCC(=O)N1CCC(COc2coc(CN3Cc4ccccc4C3)cc2=O)CC1. The molecule has 0 N–H and O–H groups in total. The number of nitrogens with zero attached hydrogens (tertiary/aromatic N) is 2. The number of rotatable bonds is 7. The lowest BCUT2D eigenvalue weighted by atomic mass is 9.97. The van der Waals surface area contributed by atoms with Crippen LogP contribution in [0.4, 0.5) is 0 Å². The highest BCUT2D eigenvalue weighted by Crippen LogP contribution is 2.24. The summed E-state index contributed by atoms with van der Waals surface area (Å²) >= 11 is 0. The molecule has 1 amide bonds. The second-order valence-electron chi connectivity index (χ2n) is 8.37. The first-order chi connectivity index (χ1) is 14.6. The Morgan fingerprint density at radius 2 is 1.87 bits per heavy atom. The van der Waals surface area contributed by atoms with Crippen molar-refractivity contribution in [3.8, 4) is 5.75 Å². The van der Waals surface area contributed by atoms with E-state index in [0.29, 0.717) is 31.3 Å². The van der Waals surface area contributed by atoms with Gasteiger partial charge in [0.25, 0.3) is 0 Å². The van der Waals surface area contributed by atoms with E-state index in [1.54, 1.807) is 6.07 Å². The molecular formula is C24H30N2O4. The molecule has 0 unspecified atom stereocenters. The minimum atomic E-state index is -0.136. The van der Waals surface area contributed by atoms with Gasteiger partial charge in [-0.3, -0.25) is 14.5 Å². The van der Waals surface area contributed by atoms with E-state index in [2.05, 4.69) is 29.2 Å². The first-order valence-corrected chi connectivity index (χ1v) is 10.9. The molecule has 3 heterocycles. The highest BCUT2D eigenvalue weighted by atomic mass is 16.5. The molecule has 0 radical (unpaired) electrons. The molecule has 0 spiro atoms. The molecule has 1 fully saturated rings. The second-order valence-corrected chi connectivity index (χ2v) is 8.37. The number of likely N-dealkylation sites (tertiary alicyclic amines) is 1. The van der Waals surface area contributed by atoms with Gasteiger partial charge < -0.3 is 14.1 Å². The third-order valence-electron chi connectivity index (χ3n) is 6.04. The van der Waals surface area contributed by atoms with Gasteiger partial charge in [-0.15, -0.1) is 0 Å². The minimum Gasteiger partial charge on any atom is -0.486 e. The Labute approximate surface area is 177 Å². The quantitative estimate of drug-likeness (QED) is 0.698. The zero-order chi connectivity index (χ0) is 20.9. The predicted octanol–water partition coefficient (Wildman–Crippen LogP) is 3.57. The van der Waals surface area contributed by atoms with Crippen molar-refractivity contribution in [3.05, 3.63) is 63.7 Å². The molecule has 2 aliphatic heterocycles. The summed E-state index contributed by atoms with van der Waals surface area (Å²) < 4.78 is 11.5.